The highest BCUT2D eigenvalue weighted by atomic mass is 16.6. The maximum atomic E-state index is 10.6. The van der Waals surface area contributed by atoms with E-state index in [-0.39, 0.29) is 11.5 Å². The predicted octanol–water partition coefficient (Wildman–Crippen LogP) is 3.72. The van der Waals surface area contributed by atoms with Crippen LogP contribution >= 0.6 is 0 Å². The third-order valence-corrected chi connectivity index (χ3v) is 8.85. The van der Waals surface area contributed by atoms with Crippen molar-refractivity contribution in [2.45, 2.75) is 77.7 Å². The van der Waals surface area contributed by atoms with Gasteiger partial charge in [-0.05, 0) is 92.3 Å². The van der Waals surface area contributed by atoms with Crippen LogP contribution in [0.25, 0.3) is 0 Å². The molecule has 0 amide bonds. The van der Waals surface area contributed by atoms with Crippen LogP contribution in [0.15, 0.2) is 5.16 Å². The summed E-state index contributed by atoms with van der Waals surface area (Å²) in [6, 6.07) is 0. The van der Waals surface area contributed by atoms with Crippen molar-refractivity contribution in [1.82, 2.24) is 0 Å². The minimum Gasteiger partial charge on any atom is -0.395 e. The van der Waals surface area contributed by atoms with Crippen molar-refractivity contribution in [3.05, 3.63) is 0 Å². The van der Waals surface area contributed by atoms with Gasteiger partial charge in [0.2, 0.25) is 0 Å². The Labute approximate surface area is 152 Å². The quantitative estimate of drug-likeness (QED) is 0.603. The number of nitrogens with two attached hydrogens (primary N) is 1. The van der Waals surface area contributed by atoms with Gasteiger partial charge in [-0.25, -0.2) is 0 Å². The Kier molecular flexibility index (Phi) is 4.64. The van der Waals surface area contributed by atoms with Crippen LogP contribution in [0.5, 0.6) is 0 Å². The van der Waals surface area contributed by atoms with Gasteiger partial charge in [0.25, 0.3) is 0 Å². The molecule has 0 aromatic rings. The maximum Gasteiger partial charge on any atom is 0.129 e. The molecule has 0 spiro atoms. The molecular weight excluding hydrogens is 312 g/mol. The molecule has 0 aromatic carbocycles. The number of oxime groups is 1. The molecule has 0 bridgehead atoms. The lowest BCUT2D eigenvalue weighted by Gasteiger charge is -2.60. The number of fused-ring (bicyclic) bond motifs is 5. The topological polar surface area (TPSA) is 67.8 Å². The molecule has 0 radical (unpaired) electrons. The normalized spacial score (nSPS) is 50.9. The molecule has 4 nitrogen and oxygen atoms in total. The van der Waals surface area contributed by atoms with Crippen LogP contribution in [0.2, 0.25) is 0 Å². The van der Waals surface area contributed by atoms with Crippen LogP contribution in [-0.4, -0.2) is 30.1 Å². The summed E-state index contributed by atoms with van der Waals surface area (Å²) in [7, 11) is 0. The molecule has 4 aliphatic rings. The van der Waals surface area contributed by atoms with Crippen molar-refractivity contribution in [3.8, 4) is 0 Å². The molecule has 7 unspecified atom stereocenters. The molecule has 25 heavy (non-hydrogen) atoms. The Hall–Kier alpha value is -0.610. The Balaban J connectivity index is 1.50. The third-order valence-electron chi connectivity index (χ3n) is 8.85. The summed E-state index contributed by atoms with van der Waals surface area (Å²) in [6.45, 7) is 6.01. The van der Waals surface area contributed by atoms with Crippen molar-refractivity contribution < 1.29 is 9.94 Å². The van der Waals surface area contributed by atoms with Crippen LogP contribution in [-0.2, 0) is 4.84 Å². The van der Waals surface area contributed by atoms with Gasteiger partial charge in [0.05, 0.1) is 11.8 Å². The molecule has 0 aliphatic heterocycles. The largest absolute Gasteiger partial charge is 0.395 e. The second-order valence-corrected chi connectivity index (χ2v) is 9.78. The number of hydrogen-bond acceptors (Lipinski definition) is 4. The second kappa shape index (κ2) is 6.53. The smallest absolute Gasteiger partial charge is 0.129 e. The van der Waals surface area contributed by atoms with E-state index in [0.717, 1.165) is 42.9 Å². The van der Waals surface area contributed by atoms with E-state index < -0.39 is 0 Å². The van der Waals surface area contributed by atoms with Crippen LogP contribution in [0, 0.1) is 34.5 Å². The van der Waals surface area contributed by atoms with Gasteiger partial charge in [-0.1, -0.05) is 19.0 Å². The van der Waals surface area contributed by atoms with Crippen molar-refractivity contribution in [2.24, 2.45) is 45.4 Å². The van der Waals surface area contributed by atoms with Gasteiger partial charge >= 0.3 is 0 Å². The molecule has 4 saturated carbocycles. The zero-order valence-electron chi connectivity index (χ0n) is 16.0. The molecule has 4 aliphatic carbocycles. The zero-order valence-corrected chi connectivity index (χ0v) is 16.0. The summed E-state index contributed by atoms with van der Waals surface area (Å²) in [4.78, 5) is 5.36. The van der Waals surface area contributed by atoms with Crippen LogP contribution in [0.1, 0.15) is 71.6 Å². The Bertz CT molecular complexity index is 536. The Morgan fingerprint density at radius 2 is 1.88 bits per heavy atom. The number of hydrogen-bond donors (Lipinski definition) is 2. The highest BCUT2D eigenvalue weighted by Gasteiger charge is 2.59. The van der Waals surface area contributed by atoms with Gasteiger partial charge in [-0.15, -0.1) is 0 Å². The molecule has 4 rings (SSSR count). The molecule has 3 N–H and O–H groups in total. The first kappa shape index (κ1) is 17.8. The van der Waals surface area contributed by atoms with Crippen molar-refractivity contribution in [3.63, 3.8) is 0 Å². The summed E-state index contributed by atoms with van der Waals surface area (Å²) in [5, 5.41) is 14.9. The minimum atomic E-state index is -0.0613. The number of aliphatic hydroxyl groups excluding tert-OH is 1. The van der Waals surface area contributed by atoms with E-state index in [4.69, 9.17) is 10.6 Å². The number of nitrogens with zero attached hydrogens (tertiary/aromatic N) is 1. The van der Waals surface area contributed by atoms with E-state index in [0.29, 0.717) is 18.6 Å². The molecule has 0 heterocycles. The van der Waals surface area contributed by atoms with E-state index in [1.165, 1.54) is 44.2 Å². The van der Waals surface area contributed by atoms with E-state index in [1.54, 1.807) is 0 Å². The first-order chi connectivity index (χ1) is 12.0. The van der Waals surface area contributed by atoms with Gasteiger partial charge in [-0.3, -0.25) is 0 Å². The first-order valence-electron chi connectivity index (χ1n) is 10.5. The summed E-state index contributed by atoms with van der Waals surface area (Å²) in [5.74, 6) is 3.20. The van der Waals surface area contributed by atoms with Gasteiger partial charge in [0.15, 0.2) is 0 Å². The lowest BCUT2D eigenvalue weighted by Crippen LogP contribution is -2.54. The van der Waals surface area contributed by atoms with E-state index in [1.807, 2.05) is 0 Å². The summed E-state index contributed by atoms with van der Waals surface area (Å²) in [5.41, 5.74) is 7.41. The van der Waals surface area contributed by atoms with Crippen molar-refractivity contribution in [2.75, 3.05) is 13.2 Å². The van der Waals surface area contributed by atoms with Crippen LogP contribution < -0.4 is 5.73 Å². The van der Waals surface area contributed by atoms with Crippen molar-refractivity contribution in [1.29, 1.82) is 0 Å². The predicted molar refractivity (Wildman–Crippen MR) is 100 cm³/mol. The fourth-order valence-corrected chi connectivity index (χ4v) is 7.30. The molecule has 7 atom stereocenters. The molecule has 0 saturated heterocycles. The first-order valence-corrected chi connectivity index (χ1v) is 10.5. The molecule has 4 fully saturated rings. The van der Waals surface area contributed by atoms with Gasteiger partial charge < -0.3 is 15.7 Å². The maximum absolute atomic E-state index is 10.6. The fourth-order valence-electron chi connectivity index (χ4n) is 7.30. The van der Waals surface area contributed by atoms with Crippen molar-refractivity contribution >= 4 is 5.71 Å². The summed E-state index contributed by atoms with van der Waals surface area (Å²) < 4.78 is 0. The summed E-state index contributed by atoms with van der Waals surface area (Å²) >= 11 is 0. The molecule has 4 heteroatoms. The number of aliphatic hydroxyl groups is 1. The van der Waals surface area contributed by atoms with Gasteiger partial charge in [-0.2, -0.15) is 0 Å². The minimum absolute atomic E-state index is 0.0613. The fraction of sp³-hybridized carbons (Fsp3) is 0.952. The average molecular weight is 349 g/mol. The van der Waals surface area contributed by atoms with E-state index in [9.17, 15) is 5.11 Å². The SMILES string of the molecule is CC12CCC3C(CCC4CC(=NOCCN)CCC43C)C1CCC2O. The lowest BCUT2D eigenvalue weighted by molar-refractivity contribution is -0.112. The second-order valence-electron chi connectivity index (χ2n) is 9.78. The Morgan fingerprint density at radius 1 is 1.08 bits per heavy atom. The highest BCUT2D eigenvalue weighted by Crippen LogP contribution is 2.65. The standard InChI is InChI=1S/C21H36N2O2/c1-20-9-7-15(23-25-12-11-22)13-14(20)3-4-16-17-5-6-19(24)21(17,2)10-8-18(16)20/h14,16-19,24H,3-13,22H2,1-2H3. The molecular formula is C21H36N2O2. The summed E-state index contributed by atoms with van der Waals surface area (Å²) in [6.07, 6.45) is 10.9. The van der Waals surface area contributed by atoms with E-state index >= 15 is 0 Å². The molecule has 0 aromatic heterocycles. The monoisotopic (exact) mass is 348 g/mol. The van der Waals surface area contributed by atoms with Gasteiger partial charge in [0.1, 0.15) is 6.61 Å². The van der Waals surface area contributed by atoms with Crippen LogP contribution in [0.4, 0.5) is 0 Å². The van der Waals surface area contributed by atoms with E-state index in [2.05, 4.69) is 19.0 Å². The third kappa shape index (κ3) is 2.75. The average Bonchev–Trinajstić information content (AvgIpc) is 2.90. The zero-order chi connectivity index (χ0) is 17.7. The molecule has 142 valence electrons. The van der Waals surface area contributed by atoms with Crippen LogP contribution in [0.3, 0.4) is 0 Å². The highest BCUT2D eigenvalue weighted by molar-refractivity contribution is 5.85. The lowest BCUT2D eigenvalue weighted by atomic mass is 9.45. The van der Waals surface area contributed by atoms with Gasteiger partial charge in [0, 0.05) is 6.54 Å². The number of rotatable bonds is 3. The Morgan fingerprint density at radius 3 is 2.68 bits per heavy atom.